The third-order valence-corrected chi connectivity index (χ3v) is 4.55. The van der Waals surface area contributed by atoms with Gasteiger partial charge in [-0.1, -0.05) is 48.5 Å². The van der Waals surface area contributed by atoms with Gasteiger partial charge in [-0.05, 0) is 36.8 Å². The molecule has 0 heterocycles. The van der Waals surface area contributed by atoms with Crippen LogP contribution in [0.15, 0.2) is 72.8 Å². The van der Waals surface area contributed by atoms with Crippen LogP contribution in [0, 0.1) is 0 Å². The first-order valence-electron chi connectivity index (χ1n) is 9.65. The molecule has 0 aliphatic heterocycles. The number of para-hydroxylation sites is 1. The first kappa shape index (κ1) is 20.9. The maximum atomic E-state index is 12.9. The fraction of sp³-hybridized carbons (Fsp3) is 0.167. The molecule has 6 nitrogen and oxygen atoms in total. The van der Waals surface area contributed by atoms with E-state index < -0.39 is 6.04 Å². The maximum absolute atomic E-state index is 12.9. The molecule has 0 bridgehead atoms. The summed E-state index contributed by atoms with van der Waals surface area (Å²) in [5.41, 5.74) is 3.94. The second kappa shape index (κ2) is 9.60. The number of benzene rings is 3. The van der Waals surface area contributed by atoms with E-state index in [4.69, 9.17) is 4.74 Å². The van der Waals surface area contributed by atoms with Crippen LogP contribution in [0.5, 0.6) is 5.75 Å². The van der Waals surface area contributed by atoms with Gasteiger partial charge in [-0.15, -0.1) is 0 Å². The monoisotopic (exact) mass is 403 g/mol. The van der Waals surface area contributed by atoms with Crippen molar-refractivity contribution in [1.82, 2.24) is 0 Å². The van der Waals surface area contributed by atoms with E-state index in [0.717, 1.165) is 16.8 Å². The van der Waals surface area contributed by atoms with E-state index in [9.17, 15) is 9.59 Å². The van der Waals surface area contributed by atoms with Gasteiger partial charge in [0, 0.05) is 23.9 Å². The van der Waals surface area contributed by atoms with Gasteiger partial charge in [0.2, 0.25) is 11.8 Å². The summed E-state index contributed by atoms with van der Waals surface area (Å²) in [7, 11) is 1.55. The molecule has 154 valence electrons. The lowest BCUT2D eigenvalue weighted by Crippen LogP contribution is -2.32. The van der Waals surface area contributed by atoms with Crippen molar-refractivity contribution in [2.24, 2.45) is 0 Å². The minimum Gasteiger partial charge on any atom is -0.495 e. The number of hydrogen-bond donors (Lipinski definition) is 3. The van der Waals surface area contributed by atoms with Gasteiger partial charge in [0.05, 0.1) is 12.8 Å². The highest BCUT2D eigenvalue weighted by molar-refractivity contribution is 6.00. The van der Waals surface area contributed by atoms with E-state index in [0.29, 0.717) is 17.1 Å². The highest BCUT2D eigenvalue weighted by Crippen LogP contribution is 2.30. The second-order valence-corrected chi connectivity index (χ2v) is 6.86. The van der Waals surface area contributed by atoms with E-state index in [1.54, 1.807) is 32.2 Å². The summed E-state index contributed by atoms with van der Waals surface area (Å²) in [5, 5.41) is 8.90. The standard InChI is InChI=1S/C24H25N3O3/c1-16(25-22-15-19(26-17(2)28)13-14-23(22)30-3)24(29)27-21-12-8-7-11-20(21)18-9-5-4-6-10-18/h4-16,25H,1-3H3,(H,26,28)(H,27,29)/t16-/m1/s1. The van der Waals surface area contributed by atoms with Gasteiger partial charge in [-0.25, -0.2) is 0 Å². The molecular formula is C24H25N3O3. The Balaban J connectivity index is 1.77. The Labute approximate surface area is 176 Å². The largest absolute Gasteiger partial charge is 0.495 e. The van der Waals surface area contributed by atoms with Crippen LogP contribution in [0.4, 0.5) is 17.1 Å². The van der Waals surface area contributed by atoms with Crippen molar-refractivity contribution in [1.29, 1.82) is 0 Å². The summed E-state index contributed by atoms with van der Waals surface area (Å²) in [6.07, 6.45) is 0. The van der Waals surface area contributed by atoms with Gasteiger partial charge in [0.15, 0.2) is 0 Å². The molecule has 2 amide bonds. The minimum absolute atomic E-state index is 0.172. The number of carbonyl (C=O) groups is 2. The van der Waals surface area contributed by atoms with Gasteiger partial charge in [0.1, 0.15) is 11.8 Å². The number of nitrogens with one attached hydrogen (secondary N) is 3. The summed E-state index contributed by atoms with van der Waals surface area (Å²) in [6, 6.07) is 22.3. The Hall–Kier alpha value is -3.80. The lowest BCUT2D eigenvalue weighted by Gasteiger charge is -2.19. The lowest BCUT2D eigenvalue weighted by atomic mass is 10.0. The molecule has 3 aromatic rings. The van der Waals surface area contributed by atoms with Crippen LogP contribution in [0.2, 0.25) is 0 Å². The average Bonchev–Trinajstić information content (AvgIpc) is 2.74. The zero-order chi connectivity index (χ0) is 21.5. The topological polar surface area (TPSA) is 79.5 Å². The molecule has 0 saturated heterocycles. The van der Waals surface area contributed by atoms with Gasteiger partial charge in [-0.2, -0.15) is 0 Å². The fourth-order valence-electron chi connectivity index (χ4n) is 3.10. The molecule has 0 aliphatic rings. The fourth-order valence-corrected chi connectivity index (χ4v) is 3.10. The maximum Gasteiger partial charge on any atom is 0.246 e. The van der Waals surface area contributed by atoms with Gasteiger partial charge in [0.25, 0.3) is 0 Å². The van der Waals surface area contributed by atoms with Crippen molar-refractivity contribution < 1.29 is 14.3 Å². The molecule has 3 rings (SSSR count). The van der Waals surface area contributed by atoms with Crippen LogP contribution in [-0.4, -0.2) is 25.0 Å². The molecule has 0 fully saturated rings. The summed E-state index contributed by atoms with van der Waals surface area (Å²) in [4.78, 5) is 24.2. The van der Waals surface area contributed by atoms with Crippen LogP contribution < -0.4 is 20.7 Å². The molecule has 1 atom stereocenters. The van der Waals surface area contributed by atoms with Gasteiger partial charge >= 0.3 is 0 Å². The predicted octanol–water partition coefficient (Wildman–Crippen LogP) is 4.76. The smallest absolute Gasteiger partial charge is 0.246 e. The Morgan fingerprint density at radius 3 is 2.27 bits per heavy atom. The summed E-state index contributed by atoms with van der Waals surface area (Å²) in [6.45, 7) is 3.21. The summed E-state index contributed by atoms with van der Waals surface area (Å²) >= 11 is 0. The van der Waals surface area contributed by atoms with E-state index in [1.165, 1.54) is 6.92 Å². The van der Waals surface area contributed by atoms with E-state index in [2.05, 4.69) is 16.0 Å². The van der Waals surface area contributed by atoms with Crippen molar-refractivity contribution in [3.05, 3.63) is 72.8 Å². The van der Waals surface area contributed by atoms with Crippen molar-refractivity contribution >= 4 is 28.9 Å². The third-order valence-electron chi connectivity index (χ3n) is 4.55. The molecule has 3 aromatic carbocycles. The van der Waals surface area contributed by atoms with Crippen molar-refractivity contribution in [3.8, 4) is 16.9 Å². The molecule has 6 heteroatoms. The third kappa shape index (κ3) is 5.17. The van der Waals surface area contributed by atoms with E-state index in [-0.39, 0.29) is 11.8 Å². The number of amides is 2. The molecule has 0 aromatic heterocycles. The van der Waals surface area contributed by atoms with Crippen LogP contribution in [0.1, 0.15) is 13.8 Å². The number of methoxy groups -OCH3 is 1. The second-order valence-electron chi connectivity index (χ2n) is 6.86. The first-order chi connectivity index (χ1) is 14.5. The Bertz CT molecular complexity index is 1030. The SMILES string of the molecule is COc1ccc(NC(C)=O)cc1N[C@H](C)C(=O)Nc1ccccc1-c1ccccc1. The van der Waals surface area contributed by atoms with E-state index in [1.807, 2.05) is 54.6 Å². The lowest BCUT2D eigenvalue weighted by molar-refractivity contribution is -0.116. The molecule has 0 radical (unpaired) electrons. The first-order valence-corrected chi connectivity index (χ1v) is 9.65. The normalized spacial score (nSPS) is 11.3. The predicted molar refractivity (Wildman–Crippen MR) is 121 cm³/mol. The van der Waals surface area contributed by atoms with Crippen LogP contribution >= 0.6 is 0 Å². The minimum atomic E-state index is -0.546. The van der Waals surface area contributed by atoms with Crippen LogP contribution in [0.3, 0.4) is 0 Å². The highest BCUT2D eigenvalue weighted by Gasteiger charge is 2.17. The Kier molecular flexibility index (Phi) is 6.70. The summed E-state index contributed by atoms with van der Waals surface area (Å²) < 4.78 is 5.37. The number of carbonyl (C=O) groups excluding carboxylic acids is 2. The van der Waals surface area contributed by atoms with Crippen molar-refractivity contribution in [2.75, 3.05) is 23.1 Å². The Morgan fingerprint density at radius 1 is 0.867 bits per heavy atom. The molecule has 0 spiro atoms. The molecule has 3 N–H and O–H groups in total. The van der Waals surface area contributed by atoms with Crippen LogP contribution in [0.25, 0.3) is 11.1 Å². The van der Waals surface area contributed by atoms with E-state index >= 15 is 0 Å². The summed E-state index contributed by atoms with van der Waals surface area (Å²) in [5.74, 6) is 0.216. The van der Waals surface area contributed by atoms with Crippen LogP contribution in [-0.2, 0) is 9.59 Å². The quantitative estimate of drug-likeness (QED) is 0.531. The number of anilines is 3. The molecule has 30 heavy (non-hydrogen) atoms. The van der Waals surface area contributed by atoms with Crippen molar-refractivity contribution in [3.63, 3.8) is 0 Å². The molecular weight excluding hydrogens is 378 g/mol. The number of ether oxygens (including phenoxy) is 1. The highest BCUT2D eigenvalue weighted by atomic mass is 16.5. The Morgan fingerprint density at radius 2 is 1.57 bits per heavy atom. The number of hydrogen-bond acceptors (Lipinski definition) is 4. The van der Waals surface area contributed by atoms with Crippen molar-refractivity contribution in [2.45, 2.75) is 19.9 Å². The van der Waals surface area contributed by atoms with Gasteiger partial charge in [-0.3, -0.25) is 9.59 Å². The zero-order valence-corrected chi connectivity index (χ0v) is 17.2. The molecule has 0 saturated carbocycles. The zero-order valence-electron chi connectivity index (χ0n) is 17.2. The number of rotatable bonds is 7. The average molecular weight is 403 g/mol. The molecule has 0 unspecified atom stereocenters. The van der Waals surface area contributed by atoms with Gasteiger partial charge < -0.3 is 20.7 Å². The molecule has 0 aliphatic carbocycles.